The van der Waals surface area contributed by atoms with Crippen molar-refractivity contribution in [3.05, 3.63) is 53.4 Å². The molecule has 2 aromatic carbocycles. The van der Waals surface area contributed by atoms with Crippen LogP contribution in [0.15, 0.2) is 51.9 Å². The summed E-state index contributed by atoms with van der Waals surface area (Å²) in [7, 11) is 0. The molecular weight excluding hydrogens is 436 g/mol. The van der Waals surface area contributed by atoms with Crippen molar-refractivity contribution < 1.29 is 22.8 Å². The molecule has 0 fully saturated rings. The summed E-state index contributed by atoms with van der Waals surface area (Å²) < 4.78 is 36.1. The first-order valence-electron chi connectivity index (χ1n) is 9.05. The van der Waals surface area contributed by atoms with Crippen LogP contribution in [-0.2, 0) is 11.2 Å². The van der Waals surface area contributed by atoms with E-state index in [2.05, 4.69) is 15.5 Å². The van der Waals surface area contributed by atoms with E-state index in [9.17, 15) is 13.6 Å². The Labute approximate surface area is 181 Å². The molecule has 0 saturated heterocycles. The fourth-order valence-corrected chi connectivity index (χ4v) is 3.50. The van der Waals surface area contributed by atoms with Crippen LogP contribution in [0.3, 0.4) is 0 Å². The minimum Gasteiger partial charge on any atom is -0.494 e. The average molecular weight is 454 g/mol. The molecule has 0 radical (unpaired) electrons. The molecule has 1 heterocycles. The number of alkyl halides is 2. The number of anilines is 1. The van der Waals surface area contributed by atoms with Gasteiger partial charge in [0.05, 0.1) is 22.2 Å². The van der Waals surface area contributed by atoms with Crippen LogP contribution < -0.4 is 10.1 Å². The predicted octanol–water partition coefficient (Wildman–Crippen LogP) is 5.67. The van der Waals surface area contributed by atoms with Crippen molar-refractivity contribution in [1.82, 2.24) is 10.1 Å². The number of thioether (sulfide) groups is 1. The summed E-state index contributed by atoms with van der Waals surface area (Å²) in [5, 5.41) is 6.67. The Balaban J connectivity index is 1.59. The van der Waals surface area contributed by atoms with Crippen LogP contribution in [0, 0.1) is 0 Å². The van der Waals surface area contributed by atoms with Gasteiger partial charge in [0.1, 0.15) is 5.75 Å². The molecule has 0 aliphatic carbocycles. The Morgan fingerprint density at radius 2 is 2.03 bits per heavy atom. The van der Waals surface area contributed by atoms with E-state index in [0.717, 1.165) is 11.3 Å². The van der Waals surface area contributed by atoms with Gasteiger partial charge in [0.2, 0.25) is 17.6 Å². The SMILES string of the molecule is CCOc1ccc(-c2noc(CCC(=O)Nc3cccc(Cl)c3SC(F)F)n2)cc1. The highest BCUT2D eigenvalue weighted by molar-refractivity contribution is 7.99. The summed E-state index contributed by atoms with van der Waals surface area (Å²) in [6, 6.07) is 11.8. The number of aryl methyl sites for hydroxylation is 1. The van der Waals surface area contributed by atoms with Crippen LogP contribution in [0.4, 0.5) is 14.5 Å². The highest BCUT2D eigenvalue weighted by Gasteiger charge is 2.16. The Kier molecular flexibility index (Phi) is 7.64. The third kappa shape index (κ3) is 5.93. The van der Waals surface area contributed by atoms with E-state index in [1.807, 2.05) is 31.2 Å². The average Bonchev–Trinajstić information content (AvgIpc) is 3.19. The number of nitrogens with zero attached hydrogens (tertiary/aromatic N) is 2. The van der Waals surface area contributed by atoms with Gasteiger partial charge in [-0.1, -0.05) is 34.6 Å². The van der Waals surface area contributed by atoms with Crippen molar-refractivity contribution in [2.75, 3.05) is 11.9 Å². The highest BCUT2D eigenvalue weighted by Crippen LogP contribution is 2.37. The minimum absolute atomic E-state index is 0.0379. The first-order chi connectivity index (χ1) is 14.5. The number of carbonyl (C=O) groups is 1. The van der Waals surface area contributed by atoms with Crippen molar-refractivity contribution in [3.8, 4) is 17.1 Å². The van der Waals surface area contributed by atoms with Crippen molar-refractivity contribution in [2.24, 2.45) is 0 Å². The zero-order chi connectivity index (χ0) is 21.5. The van der Waals surface area contributed by atoms with Gasteiger partial charge >= 0.3 is 0 Å². The number of benzene rings is 2. The molecule has 158 valence electrons. The van der Waals surface area contributed by atoms with Crippen LogP contribution in [0.2, 0.25) is 5.02 Å². The molecule has 3 rings (SSSR count). The number of hydrogen-bond acceptors (Lipinski definition) is 6. The van der Waals surface area contributed by atoms with Gasteiger partial charge in [-0.2, -0.15) is 13.8 Å². The lowest BCUT2D eigenvalue weighted by atomic mass is 10.2. The van der Waals surface area contributed by atoms with Crippen LogP contribution in [0.5, 0.6) is 5.75 Å². The molecule has 0 aliphatic heterocycles. The Bertz CT molecular complexity index is 999. The quantitative estimate of drug-likeness (QED) is 0.420. The summed E-state index contributed by atoms with van der Waals surface area (Å²) >= 11 is 6.25. The zero-order valence-electron chi connectivity index (χ0n) is 15.9. The number of aromatic nitrogens is 2. The van der Waals surface area contributed by atoms with E-state index in [0.29, 0.717) is 18.3 Å². The molecule has 0 atom stereocenters. The van der Waals surface area contributed by atoms with Gasteiger partial charge in [-0.05, 0) is 43.3 Å². The molecule has 10 heteroatoms. The molecule has 6 nitrogen and oxygen atoms in total. The molecule has 1 amide bonds. The Hall–Kier alpha value is -2.65. The van der Waals surface area contributed by atoms with Gasteiger partial charge in [0.25, 0.3) is 5.76 Å². The first-order valence-corrected chi connectivity index (χ1v) is 10.3. The van der Waals surface area contributed by atoms with Gasteiger partial charge in [0.15, 0.2) is 0 Å². The number of rotatable bonds is 9. The maximum atomic E-state index is 12.7. The van der Waals surface area contributed by atoms with Gasteiger partial charge in [-0.3, -0.25) is 4.79 Å². The Morgan fingerprint density at radius 3 is 2.73 bits per heavy atom. The second-order valence-corrected chi connectivity index (χ2v) is 7.42. The normalized spacial score (nSPS) is 11.0. The van der Waals surface area contributed by atoms with Gasteiger partial charge in [0, 0.05) is 18.4 Å². The molecular formula is C20H18ClF2N3O3S. The van der Waals surface area contributed by atoms with Crippen molar-refractivity contribution >= 4 is 35.0 Å². The van der Waals surface area contributed by atoms with E-state index < -0.39 is 5.76 Å². The summed E-state index contributed by atoms with van der Waals surface area (Å²) in [4.78, 5) is 16.7. The zero-order valence-corrected chi connectivity index (χ0v) is 17.5. The maximum absolute atomic E-state index is 12.7. The molecule has 0 unspecified atom stereocenters. The molecule has 30 heavy (non-hydrogen) atoms. The summed E-state index contributed by atoms with van der Waals surface area (Å²) in [6.45, 7) is 2.48. The largest absolute Gasteiger partial charge is 0.494 e. The molecule has 1 N–H and O–H groups in total. The topological polar surface area (TPSA) is 77.2 Å². The molecule has 0 spiro atoms. The fraction of sp³-hybridized carbons (Fsp3) is 0.250. The van der Waals surface area contributed by atoms with Gasteiger partial charge in [-0.15, -0.1) is 0 Å². The van der Waals surface area contributed by atoms with Crippen LogP contribution in [-0.4, -0.2) is 28.4 Å². The third-order valence-electron chi connectivity index (χ3n) is 3.91. The van der Waals surface area contributed by atoms with Crippen LogP contribution in [0.25, 0.3) is 11.4 Å². The van der Waals surface area contributed by atoms with E-state index in [1.165, 1.54) is 12.1 Å². The van der Waals surface area contributed by atoms with Gasteiger partial charge in [-0.25, -0.2) is 0 Å². The summed E-state index contributed by atoms with van der Waals surface area (Å²) in [5.74, 6) is -1.59. The third-order valence-corrected chi connectivity index (χ3v) is 5.19. The number of nitrogens with one attached hydrogen (secondary N) is 1. The summed E-state index contributed by atoms with van der Waals surface area (Å²) in [6.07, 6.45) is 0.240. The van der Waals surface area contributed by atoms with E-state index in [4.69, 9.17) is 20.9 Å². The lowest BCUT2D eigenvalue weighted by Crippen LogP contribution is -2.13. The van der Waals surface area contributed by atoms with Gasteiger partial charge < -0.3 is 14.6 Å². The smallest absolute Gasteiger partial charge is 0.289 e. The second kappa shape index (κ2) is 10.4. The monoisotopic (exact) mass is 453 g/mol. The standard InChI is InChI=1S/C20H18ClF2N3O3S/c1-2-28-13-8-6-12(7-9-13)19-25-17(29-26-19)11-10-16(27)24-15-5-3-4-14(21)18(15)30-20(22)23/h3-9,20H,2,10-11H2,1H3,(H,24,27). The molecule has 3 aromatic rings. The number of ether oxygens (including phenoxy) is 1. The molecule has 1 aromatic heterocycles. The molecule has 0 bridgehead atoms. The lowest BCUT2D eigenvalue weighted by molar-refractivity contribution is -0.116. The summed E-state index contributed by atoms with van der Waals surface area (Å²) in [5.41, 5.74) is 0.990. The van der Waals surface area contributed by atoms with Crippen molar-refractivity contribution in [2.45, 2.75) is 30.4 Å². The van der Waals surface area contributed by atoms with E-state index in [1.54, 1.807) is 6.07 Å². The Morgan fingerprint density at radius 1 is 1.27 bits per heavy atom. The first kappa shape index (κ1) is 22.0. The van der Waals surface area contributed by atoms with Crippen molar-refractivity contribution in [1.29, 1.82) is 0 Å². The maximum Gasteiger partial charge on any atom is 0.289 e. The molecule has 0 saturated carbocycles. The van der Waals surface area contributed by atoms with Crippen LogP contribution in [0.1, 0.15) is 19.2 Å². The van der Waals surface area contributed by atoms with Crippen LogP contribution >= 0.6 is 23.4 Å². The number of carbonyl (C=O) groups excluding carboxylic acids is 1. The van der Waals surface area contributed by atoms with Crippen molar-refractivity contribution in [3.63, 3.8) is 0 Å². The van der Waals surface area contributed by atoms with E-state index in [-0.39, 0.29) is 46.1 Å². The second-order valence-electron chi connectivity index (χ2n) is 6.01. The highest BCUT2D eigenvalue weighted by atomic mass is 35.5. The lowest BCUT2D eigenvalue weighted by Gasteiger charge is -2.11. The number of halogens is 3. The number of hydrogen-bond donors (Lipinski definition) is 1. The minimum atomic E-state index is -2.65. The predicted molar refractivity (Wildman–Crippen MR) is 111 cm³/mol. The number of amides is 1. The molecule has 0 aliphatic rings. The van der Waals surface area contributed by atoms with E-state index >= 15 is 0 Å². The fourth-order valence-electron chi connectivity index (χ4n) is 2.59.